The number of H-pyrrole nitrogens is 1. The van der Waals surface area contributed by atoms with Crippen LogP contribution in [0.4, 0.5) is 0 Å². The molecule has 156 valence electrons. The summed E-state index contributed by atoms with van der Waals surface area (Å²) in [5.74, 6) is 1.24. The van der Waals surface area contributed by atoms with Gasteiger partial charge in [0.15, 0.2) is 17.3 Å². The first kappa shape index (κ1) is 21.0. The van der Waals surface area contributed by atoms with Gasteiger partial charge in [0, 0.05) is 43.3 Å². The summed E-state index contributed by atoms with van der Waals surface area (Å²) < 4.78 is 10.5. The molecule has 30 heavy (non-hydrogen) atoms. The minimum Gasteiger partial charge on any atom is -0.493 e. The highest BCUT2D eigenvalue weighted by Gasteiger charge is 2.12. The van der Waals surface area contributed by atoms with Crippen LogP contribution in [0.25, 0.3) is 11.4 Å². The zero-order valence-corrected chi connectivity index (χ0v) is 16.8. The molecule has 0 saturated carbocycles. The summed E-state index contributed by atoms with van der Waals surface area (Å²) >= 11 is 0. The highest BCUT2D eigenvalue weighted by molar-refractivity contribution is 5.76. The maximum atomic E-state index is 12.3. The van der Waals surface area contributed by atoms with Gasteiger partial charge in [-0.1, -0.05) is 6.07 Å². The van der Waals surface area contributed by atoms with Crippen LogP contribution in [-0.2, 0) is 17.6 Å². The lowest BCUT2D eigenvalue weighted by Crippen LogP contribution is -2.27. The third-order valence-corrected chi connectivity index (χ3v) is 4.44. The highest BCUT2D eigenvalue weighted by atomic mass is 16.5. The second-order valence-electron chi connectivity index (χ2n) is 6.44. The fourth-order valence-electron chi connectivity index (χ4n) is 2.83. The molecule has 3 aromatic rings. The van der Waals surface area contributed by atoms with Crippen molar-refractivity contribution < 1.29 is 14.3 Å². The van der Waals surface area contributed by atoms with Gasteiger partial charge in [-0.15, -0.1) is 10.2 Å². The number of hydrogen-bond donors (Lipinski definition) is 2. The van der Waals surface area contributed by atoms with Crippen molar-refractivity contribution in [3.63, 3.8) is 0 Å². The monoisotopic (exact) mass is 409 g/mol. The van der Waals surface area contributed by atoms with Crippen LogP contribution in [0.1, 0.15) is 17.8 Å². The molecule has 9 heteroatoms. The standard InChI is InChI=1S/C21H23N5O4/c1-29-17-8-6-14(13-18(17)30-2)20-24-21(28)16(25-26-20)7-9-19(27)23-12-10-15-5-3-4-11-22-15/h3-6,8,11,13H,7,9-10,12H2,1-2H3,(H,23,27)(H,24,26,28). The van der Waals surface area contributed by atoms with E-state index in [0.717, 1.165) is 5.69 Å². The van der Waals surface area contributed by atoms with E-state index in [2.05, 4.69) is 25.5 Å². The van der Waals surface area contributed by atoms with Crippen LogP contribution in [-0.4, -0.2) is 46.8 Å². The number of nitrogens with one attached hydrogen (secondary N) is 2. The Kier molecular flexibility index (Phi) is 7.09. The van der Waals surface area contributed by atoms with Gasteiger partial charge < -0.3 is 19.8 Å². The van der Waals surface area contributed by atoms with Crippen LogP contribution in [0, 0.1) is 0 Å². The minimum absolute atomic E-state index is 0.148. The fraction of sp³-hybridized carbons (Fsp3) is 0.286. The van der Waals surface area contributed by atoms with E-state index < -0.39 is 0 Å². The Bertz CT molecular complexity index is 1050. The summed E-state index contributed by atoms with van der Waals surface area (Å²) in [4.78, 5) is 31.3. The first-order valence-electron chi connectivity index (χ1n) is 9.45. The van der Waals surface area contributed by atoms with E-state index in [1.54, 1.807) is 31.5 Å². The lowest BCUT2D eigenvalue weighted by Gasteiger charge is -2.09. The molecule has 2 aromatic heterocycles. The van der Waals surface area contributed by atoms with Crippen molar-refractivity contribution in [1.29, 1.82) is 0 Å². The van der Waals surface area contributed by atoms with Crippen molar-refractivity contribution in [2.75, 3.05) is 20.8 Å². The van der Waals surface area contributed by atoms with E-state index in [4.69, 9.17) is 9.47 Å². The number of amides is 1. The minimum atomic E-state index is -0.379. The van der Waals surface area contributed by atoms with Crippen molar-refractivity contribution >= 4 is 5.91 Å². The molecule has 1 amide bonds. The number of aryl methyl sites for hydroxylation is 1. The summed E-state index contributed by atoms with van der Waals surface area (Å²) in [6.45, 7) is 0.482. The second-order valence-corrected chi connectivity index (χ2v) is 6.44. The average Bonchev–Trinajstić information content (AvgIpc) is 2.78. The number of methoxy groups -OCH3 is 2. The van der Waals surface area contributed by atoms with Crippen LogP contribution in [0.3, 0.4) is 0 Å². The topological polar surface area (TPSA) is 119 Å². The summed E-state index contributed by atoms with van der Waals surface area (Å²) in [6, 6.07) is 10.8. The van der Waals surface area contributed by atoms with Crippen LogP contribution >= 0.6 is 0 Å². The van der Waals surface area contributed by atoms with Crippen LogP contribution in [0.5, 0.6) is 11.5 Å². The van der Waals surface area contributed by atoms with Crippen LogP contribution in [0.2, 0.25) is 0 Å². The molecule has 0 aliphatic carbocycles. The predicted octanol–water partition coefficient (Wildman–Crippen LogP) is 1.54. The van der Waals surface area contributed by atoms with E-state index in [-0.39, 0.29) is 30.0 Å². The zero-order chi connectivity index (χ0) is 21.3. The molecule has 0 aliphatic rings. The fourth-order valence-corrected chi connectivity index (χ4v) is 2.83. The van der Waals surface area contributed by atoms with E-state index in [1.807, 2.05) is 18.2 Å². The molecule has 1 aromatic carbocycles. The molecular formula is C21H23N5O4. The third-order valence-electron chi connectivity index (χ3n) is 4.44. The molecule has 0 saturated heterocycles. The zero-order valence-electron chi connectivity index (χ0n) is 16.8. The van der Waals surface area contributed by atoms with Gasteiger partial charge in [-0.2, -0.15) is 0 Å². The highest BCUT2D eigenvalue weighted by Crippen LogP contribution is 2.30. The van der Waals surface area contributed by atoms with Crippen molar-refractivity contribution in [2.45, 2.75) is 19.3 Å². The molecule has 2 N–H and O–H groups in total. The maximum absolute atomic E-state index is 12.3. The number of hydrogen-bond acceptors (Lipinski definition) is 7. The van der Waals surface area contributed by atoms with Crippen LogP contribution < -0.4 is 20.3 Å². The van der Waals surface area contributed by atoms with Crippen molar-refractivity contribution in [3.05, 3.63) is 64.3 Å². The van der Waals surface area contributed by atoms with Gasteiger partial charge in [0.25, 0.3) is 5.56 Å². The molecule has 0 atom stereocenters. The number of aromatic amines is 1. The molecule has 0 fully saturated rings. The molecule has 0 unspecified atom stereocenters. The lowest BCUT2D eigenvalue weighted by molar-refractivity contribution is -0.121. The quantitative estimate of drug-likeness (QED) is 0.550. The van der Waals surface area contributed by atoms with Gasteiger partial charge >= 0.3 is 0 Å². The van der Waals surface area contributed by atoms with Gasteiger partial charge in [0.05, 0.1) is 14.2 Å². The smallest absolute Gasteiger partial charge is 0.273 e. The summed E-state index contributed by atoms with van der Waals surface area (Å²) in [7, 11) is 3.07. The van der Waals surface area contributed by atoms with Gasteiger partial charge in [0.1, 0.15) is 5.69 Å². The summed E-state index contributed by atoms with van der Waals surface area (Å²) in [5, 5.41) is 10.9. The van der Waals surface area contributed by atoms with Crippen molar-refractivity contribution in [3.8, 4) is 22.9 Å². The Labute approximate surface area is 173 Å². The van der Waals surface area contributed by atoms with Gasteiger partial charge in [-0.3, -0.25) is 14.6 Å². The van der Waals surface area contributed by atoms with E-state index in [0.29, 0.717) is 35.9 Å². The third kappa shape index (κ3) is 5.40. The first-order chi connectivity index (χ1) is 14.6. The molecular weight excluding hydrogens is 386 g/mol. The Morgan fingerprint density at radius 3 is 2.60 bits per heavy atom. The maximum Gasteiger partial charge on any atom is 0.273 e. The number of carbonyl (C=O) groups excluding carboxylic acids is 1. The van der Waals surface area contributed by atoms with E-state index >= 15 is 0 Å². The number of nitrogens with zero attached hydrogens (tertiary/aromatic N) is 3. The number of rotatable bonds is 9. The molecule has 2 heterocycles. The molecule has 0 bridgehead atoms. The Morgan fingerprint density at radius 1 is 1.07 bits per heavy atom. The van der Waals surface area contributed by atoms with E-state index in [9.17, 15) is 9.59 Å². The van der Waals surface area contributed by atoms with E-state index in [1.165, 1.54) is 7.11 Å². The normalized spacial score (nSPS) is 10.5. The summed E-state index contributed by atoms with van der Waals surface area (Å²) in [6.07, 6.45) is 2.71. The molecule has 9 nitrogen and oxygen atoms in total. The van der Waals surface area contributed by atoms with Crippen molar-refractivity contribution in [2.24, 2.45) is 0 Å². The first-order valence-corrected chi connectivity index (χ1v) is 9.45. The van der Waals surface area contributed by atoms with Gasteiger partial charge in [0.2, 0.25) is 5.91 Å². The van der Waals surface area contributed by atoms with Gasteiger partial charge in [-0.25, -0.2) is 0 Å². The van der Waals surface area contributed by atoms with Crippen molar-refractivity contribution in [1.82, 2.24) is 25.5 Å². The predicted molar refractivity (Wildman–Crippen MR) is 110 cm³/mol. The SMILES string of the molecule is COc1ccc(-c2nnc(CCC(=O)NCCc3ccccn3)c(=O)[nH]2)cc1OC. The molecule has 0 aliphatic heterocycles. The number of ether oxygens (including phenoxy) is 2. The van der Waals surface area contributed by atoms with Gasteiger partial charge in [-0.05, 0) is 30.3 Å². The second kappa shape index (κ2) is 10.1. The number of benzene rings is 1. The molecule has 0 radical (unpaired) electrons. The number of aromatic nitrogens is 4. The molecule has 3 rings (SSSR count). The Balaban J connectivity index is 1.56. The Morgan fingerprint density at radius 2 is 1.90 bits per heavy atom. The average molecular weight is 409 g/mol. The van der Waals surface area contributed by atoms with Crippen LogP contribution in [0.15, 0.2) is 47.4 Å². The number of carbonyl (C=O) groups is 1. The number of pyridine rings is 1. The molecule has 0 spiro atoms. The lowest BCUT2D eigenvalue weighted by atomic mass is 10.2. The largest absolute Gasteiger partial charge is 0.493 e. The summed E-state index contributed by atoms with van der Waals surface area (Å²) in [5.41, 5.74) is 1.37. The Hall–Kier alpha value is -3.75.